The van der Waals surface area contributed by atoms with E-state index in [2.05, 4.69) is 42.0 Å². The molecule has 0 heterocycles. The van der Waals surface area contributed by atoms with Crippen LogP contribution in [0.5, 0.6) is 5.75 Å². The first kappa shape index (κ1) is 18.0. The summed E-state index contributed by atoms with van der Waals surface area (Å²) in [6.45, 7) is 7.32. The summed E-state index contributed by atoms with van der Waals surface area (Å²) in [5, 5.41) is 3.34. The Morgan fingerprint density at radius 1 is 1.38 bits per heavy atom. The summed E-state index contributed by atoms with van der Waals surface area (Å²) < 4.78 is 11.6. The van der Waals surface area contributed by atoms with Crippen LogP contribution in [0.2, 0.25) is 0 Å². The number of benzene rings is 1. The molecular formula is C16H24BrNO3. The lowest BCUT2D eigenvalue weighted by molar-refractivity contribution is -0.146. The number of nitrogens with one attached hydrogen (secondary N) is 1. The van der Waals surface area contributed by atoms with Gasteiger partial charge in [-0.3, -0.25) is 0 Å². The molecule has 0 bridgehead atoms. The molecule has 0 amide bonds. The maximum atomic E-state index is 11.6. The highest BCUT2D eigenvalue weighted by molar-refractivity contribution is 9.10. The maximum Gasteiger partial charge on any atom is 0.344 e. The van der Waals surface area contributed by atoms with Crippen LogP contribution in [0.25, 0.3) is 0 Å². The Morgan fingerprint density at radius 3 is 2.81 bits per heavy atom. The van der Waals surface area contributed by atoms with E-state index in [1.807, 2.05) is 18.2 Å². The Bertz CT molecular complexity index is 449. The monoisotopic (exact) mass is 357 g/mol. The second-order valence-corrected chi connectivity index (χ2v) is 6.07. The number of rotatable bonds is 9. The zero-order valence-electron chi connectivity index (χ0n) is 12.9. The van der Waals surface area contributed by atoms with Gasteiger partial charge in [-0.25, -0.2) is 4.79 Å². The molecule has 1 rings (SSSR count). The Morgan fingerprint density at radius 2 is 2.14 bits per heavy atom. The average molecular weight is 358 g/mol. The minimum atomic E-state index is -0.325. The van der Waals surface area contributed by atoms with E-state index < -0.39 is 0 Å². The minimum absolute atomic E-state index is 0.0555. The third kappa shape index (κ3) is 7.48. The van der Waals surface area contributed by atoms with Crippen molar-refractivity contribution in [3.05, 3.63) is 28.2 Å². The number of hydrogen-bond donors (Lipinski definition) is 1. The third-order valence-corrected chi connectivity index (χ3v) is 3.32. The van der Waals surface area contributed by atoms with Crippen molar-refractivity contribution in [2.24, 2.45) is 0 Å². The van der Waals surface area contributed by atoms with Gasteiger partial charge in [-0.15, -0.1) is 0 Å². The van der Waals surface area contributed by atoms with Crippen LogP contribution in [-0.4, -0.2) is 25.2 Å². The molecule has 0 aliphatic carbocycles. The molecule has 0 saturated heterocycles. The molecule has 21 heavy (non-hydrogen) atoms. The van der Waals surface area contributed by atoms with Crippen LogP contribution in [0.1, 0.15) is 39.2 Å². The van der Waals surface area contributed by atoms with Gasteiger partial charge in [-0.05, 0) is 24.6 Å². The van der Waals surface area contributed by atoms with Crippen molar-refractivity contribution in [3.63, 3.8) is 0 Å². The fraction of sp³-hybridized carbons (Fsp3) is 0.562. The van der Waals surface area contributed by atoms with Gasteiger partial charge in [-0.1, -0.05) is 43.1 Å². The number of esters is 1. The number of carbonyl (C=O) groups excluding carboxylic acids is 1. The van der Waals surface area contributed by atoms with Crippen LogP contribution in [0.3, 0.4) is 0 Å². The molecule has 0 atom stereocenters. The average Bonchev–Trinajstić information content (AvgIpc) is 2.44. The van der Waals surface area contributed by atoms with Crippen LogP contribution in [0, 0.1) is 0 Å². The topological polar surface area (TPSA) is 47.6 Å². The van der Waals surface area contributed by atoms with Crippen molar-refractivity contribution >= 4 is 21.9 Å². The first-order valence-electron chi connectivity index (χ1n) is 7.33. The van der Waals surface area contributed by atoms with Crippen LogP contribution in [0.4, 0.5) is 0 Å². The summed E-state index contributed by atoms with van der Waals surface area (Å²) in [5.74, 6) is 0.382. The van der Waals surface area contributed by atoms with Crippen molar-refractivity contribution in [2.75, 3.05) is 13.2 Å². The molecule has 1 N–H and O–H groups in total. The van der Waals surface area contributed by atoms with Crippen molar-refractivity contribution in [1.29, 1.82) is 0 Å². The van der Waals surface area contributed by atoms with Gasteiger partial charge in [0, 0.05) is 22.6 Å². The molecule has 0 saturated carbocycles. The number of hydrogen-bond acceptors (Lipinski definition) is 4. The zero-order valence-corrected chi connectivity index (χ0v) is 14.5. The summed E-state index contributed by atoms with van der Waals surface area (Å²) in [5.41, 5.74) is 1.01. The second kappa shape index (κ2) is 9.79. The van der Waals surface area contributed by atoms with Gasteiger partial charge < -0.3 is 14.8 Å². The number of unbranched alkanes of at least 4 members (excludes halogenated alkanes) is 1. The summed E-state index contributed by atoms with van der Waals surface area (Å²) in [6.07, 6.45) is 1.89. The highest BCUT2D eigenvalue weighted by Crippen LogP contribution is 2.23. The molecular weight excluding hydrogens is 334 g/mol. The van der Waals surface area contributed by atoms with Crippen LogP contribution in [-0.2, 0) is 16.1 Å². The quantitative estimate of drug-likeness (QED) is 0.541. The van der Waals surface area contributed by atoms with Gasteiger partial charge in [0.15, 0.2) is 6.61 Å². The highest BCUT2D eigenvalue weighted by atomic mass is 79.9. The van der Waals surface area contributed by atoms with Crippen molar-refractivity contribution < 1.29 is 14.3 Å². The predicted molar refractivity (Wildman–Crippen MR) is 87.5 cm³/mol. The third-order valence-electron chi connectivity index (χ3n) is 2.83. The van der Waals surface area contributed by atoms with Crippen LogP contribution in [0.15, 0.2) is 22.7 Å². The second-order valence-electron chi connectivity index (χ2n) is 5.15. The molecule has 0 unspecified atom stereocenters. The number of carbonyl (C=O) groups is 1. The minimum Gasteiger partial charge on any atom is -0.482 e. The fourth-order valence-corrected chi connectivity index (χ4v) is 2.06. The SMILES string of the molecule is CCCCOC(=O)COc1ccc(Br)cc1CNC(C)C. The largest absolute Gasteiger partial charge is 0.482 e. The lowest BCUT2D eigenvalue weighted by atomic mass is 10.2. The first-order chi connectivity index (χ1) is 10.0. The smallest absolute Gasteiger partial charge is 0.344 e. The molecule has 5 heteroatoms. The Balaban J connectivity index is 2.55. The molecule has 0 aliphatic rings. The van der Waals surface area contributed by atoms with Gasteiger partial charge in [-0.2, -0.15) is 0 Å². The lowest BCUT2D eigenvalue weighted by Gasteiger charge is -2.14. The van der Waals surface area contributed by atoms with E-state index in [4.69, 9.17) is 9.47 Å². The van der Waals surface area contributed by atoms with Gasteiger partial charge in [0.25, 0.3) is 0 Å². The van der Waals surface area contributed by atoms with Crippen molar-refractivity contribution in [3.8, 4) is 5.75 Å². The predicted octanol–water partition coefficient (Wildman–Crippen LogP) is 3.67. The van der Waals surface area contributed by atoms with E-state index in [9.17, 15) is 4.79 Å². The Labute approximate surface area is 135 Å². The van der Waals surface area contributed by atoms with Gasteiger partial charge in [0.05, 0.1) is 6.61 Å². The van der Waals surface area contributed by atoms with Gasteiger partial charge >= 0.3 is 5.97 Å². The van der Waals surface area contributed by atoms with E-state index in [0.29, 0.717) is 24.9 Å². The highest BCUT2D eigenvalue weighted by Gasteiger charge is 2.09. The molecule has 0 spiro atoms. The molecule has 0 radical (unpaired) electrons. The standard InChI is InChI=1S/C16H24BrNO3/c1-4-5-8-20-16(19)11-21-15-7-6-14(17)9-13(15)10-18-12(2)3/h6-7,9,12,18H,4-5,8,10-11H2,1-3H3. The molecule has 0 aliphatic heterocycles. The van der Waals surface area contributed by atoms with E-state index >= 15 is 0 Å². The molecule has 0 fully saturated rings. The number of halogens is 1. The summed E-state index contributed by atoms with van der Waals surface area (Å²) in [6, 6.07) is 6.14. The molecule has 0 aromatic heterocycles. The maximum absolute atomic E-state index is 11.6. The molecule has 1 aromatic carbocycles. The zero-order chi connectivity index (χ0) is 15.7. The van der Waals surface area contributed by atoms with Crippen molar-refractivity contribution in [1.82, 2.24) is 5.32 Å². The Hall–Kier alpha value is -1.07. The summed E-state index contributed by atoms with van der Waals surface area (Å²) in [4.78, 5) is 11.6. The van der Waals surface area contributed by atoms with Crippen LogP contribution < -0.4 is 10.1 Å². The van der Waals surface area contributed by atoms with Gasteiger partial charge in [0.1, 0.15) is 5.75 Å². The lowest BCUT2D eigenvalue weighted by Crippen LogP contribution is -2.22. The molecule has 118 valence electrons. The van der Waals surface area contributed by atoms with Crippen LogP contribution >= 0.6 is 15.9 Å². The van der Waals surface area contributed by atoms with E-state index in [1.165, 1.54) is 0 Å². The number of ether oxygens (including phenoxy) is 2. The van der Waals surface area contributed by atoms with Gasteiger partial charge in [0.2, 0.25) is 0 Å². The first-order valence-corrected chi connectivity index (χ1v) is 8.12. The van der Waals surface area contributed by atoms with E-state index in [-0.39, 0.29) is 12.6 Å². The molecule has 4 nitrogen and oxygen atoms in total. The van der Waals surface area contributed by atoms with E-state index in [1.54, 1.807) is 0 Å². The normalized spacial score (nSPS) is 10.7. The Kier molecular flexibility index (Phi) is 8.38. The summed E-state index contributed by atoms with van der Waals surface area (Å²) in [7, 11) is 0. The molecule has 1 aromatic rings. The summed E-state index contributed by atoms with van der Waals surface area (Å²) >= 11 is 3.45. The van der Waals surface area contributed by atoms with E-state index in [0.717, 1.165) is 22.9 Å². The van der Waals surface area contributed by atoms with Crippen molar-refractivity contribution in [2.45, 2.75) is 46.2 Å². The fourth-order valence-electron chi connectivity index (χ4n) is 1.65.